The average molecular weight is 325 g/mol. The van der Waals surface area contributed by atoms with Crippen LogP contribution in [0.3, 0.4) is 0 Å². The lowest BCUT2D eigenvalue weighted by molar-refractivity contribution is 0.556. The van der Waals surface area contributed by atoms with Crippen LogP contribution in [0, 0.1) is 0 Å². The van der Waals surface area contributed by atoms with Crippen molar-refractivity contribution < 1.29 is 0 Å². The minimum absolute atomic E-state index is 1.26. The maximum absolute atomic E-state index is 2.28. The van der Waals surface area contributed by atoms with Gasteiger partial charge in [0.05, 0.1) is 0 Å². The number of hydrogen-bond acceptors (Lipinski definition) is 0. The Kier molecular flexibility index (Phi) is 13.9. The minimum Gasteiger partial charge on any atom is -0.0654 e. The molecule has 0 amide bonds. The molecule has 24 heavy (non-hydrogen) atoms. The maximum Gasteiger partial charge on any atom is -0.0279 e. The van der Waals surface area contributed by atoms with E-state index >= 15 is 0 Å². The molecule has 0 spiro atoms. The molecule has 132 valence electrons. The molecule has 0 saturated heterocycles. The highest BCUT2D eigenvalue weighted by molar-refractivity contribution is 5.14. The van der Waals surface area contributed by atoms with E-state index in [1.165, 1.54) is 76.2 Å². The quantitative estimate of drug-likeness (QED) is 0.369. The van der Waals surface area contributed by atoms with Crippen LogP contribution in [0.4, 0.5) is 0 Å². The average Bonchev–Trinajstić information content (AvgIpc) is 2.66. The lowest BCUT2D eigenvalue weighted by Crippen LogP contribution is -1.86. The highest BCUT2D eigenvalue weighted by Gasteiger charge is 1.94. The normalized spacial score (nSPS) is 10.0. The van der Waals surface area contributed by atoms with E-state index < -0.39 is 0 Å². The summed E-state index contributed by atoms with van der Waals surface area (Å²) in [7, 11) is 0. The van der Waals surface area contributed by atoms with Gasteiger partial charge in [-0.15, -0.1) is 0 Å². The van der Waals surface area contributed by atoms with Crippen LogP contribution in [0.25, 0.3) is 0 Å². The van der Waals surface area contributed by atoms with Gasteiger partial charge in [-0.2, -0.15) is 0 Å². The molecule has 2 aromatic carbocycles. The Balaban J connectivity index is 0.000000400. The predicted octanol–water partition coefficient (Wildman–Crippen LogP) is 7.84. The molecule has 0 saturated carbocycles. The van der Waals surface area contributed by atoms with Crippen LogP contribution in [0.1, 0.15) is 76.7 Å². The molecule has 0 bridgehead atoms. The summed E-state index contributed by atoms with van der Waals surface area (Å²) in [4.78, 5) is 0. The SMILES string of the molecule is CCCCCCCCCCCCc1ccccc1.c1ccccc1. The van der Waals surface area contributed by atoms with Crippen molar-refractivity contribution in [2.24, 2.45) is 0 Å². The molecule has 0 atom stereocenters. The van der Waals surface area contributed by atoms with E-state index in [1.54, 1.807) is 0 Å². The van der Waals surface area contributed by atoms with Crippen molar-refractivity contribution in [3.8, 4) is 0 Å². The third kappa shape index (κ3) is 12.9. The number of unbranched alkanes of at least 4 members (excludes halogenated alkanes) is 9. The number of aryl methyl sites for hydroxylation is 1. The zero-order chi connectivity index (χ0) is 17.1. The molecular formula is C24H36. The molecule has 0 heteroatoms. The largest absolute Gasteiger partial charge is 0.0654 e. The lowest BCUT2D eigenvalue weighted by Gasteiger charge is -2.03. The first-order valence-electron chi connectivity index (χ1n) is 9.97. The summed E-state index contributed by atoms with van der Waals surface area (Å²) in [6.45, 7) is 2.28. The second-order valence-corrected chi connectivity index (χ2v) is 6.57. The van der Waals surface area contributed by atoms with E-state index in [4.69, 9.17) is 0 Å². The Hall–Kier alpha value is -1.56. The minimum atomic E-state index is 1.26. The lowest BCUT2D eigenvalue weighted by atomic mass is 10.0. The molecule has 0 N–H and O–H groups in total. The zero-order valence-electron chi connectivity index (χ0n) is 15.6. The molecule has 0 nitrogen and oxygen atoms in total. The van der Waals surface area contributed by atoms with Crippen molar-refractivity contribution >= 4 is 0 Å². The summed E-state index contributed by atoms with van der Waals surface area (Å²) in [6.07, 6.45) is 15.5. The number of rotatable bonds is 11. The van der Waals surface area contributed by atoms with Gasteiger partial charge < -0.3 is 0 Å². The van der Waals surface area contributed by atoms with Gasteiger partial charge in [-0.05, 0) is 18.4 Å². The summed E-state index contributed by atoms with van der Waals surface area (Å²) >= 11 is 0. The molecule has 0 heterocycles. The Bertz CT molecular complexity index is 419. The fourth-order valence-electron chi connectivity index (χ4n) is 2.85. The van der Waals surface area contributed by atoms with E-state index in [2.05, 4.69) is 37.3 Å². The van der Waals surface area contributed by atoms with Gasteiger partial charge in [0, 0.05) is 0 Å². The summed E-state index contributed by atoms with van der Waals surface area (Å²) in [5, 5.41) is 0. The van der Waals surface area contributed by atoms with Crippen molar-refractivity contribution in [3.63, 3.8) is 0 Å². The van der Waals surface area contributed by atoms with Crippen LogP contribution in [0.15, 0.2) is 66.7 Å². The Morgan fingerprint density at radius 3 is 1.29 bits per heavy atom. The molecule has 0 aliphatic heterocycles. The summed E-state index contributed by atoms with van der Waals surface area (Å²) in [5.41, 5.74) is 1.50. The summed E-state index contributed by atoms with van der Waals surface area (Å²) < 4.78 is 0. The van der Waals surface area contributed by atoms with Gasteiger partial charge in [-0.1, -0.05) is 131 Å². The second-order valence-electron chi connectivity index (χ2n) is 6.57. The van der Waals surface area contributed by atoms with Crippen LogP contribution >= 0.6 is 0 Å². The van der Waals surface area contributed by atoms with Gasteiger partial charge in [0.1, 0.15) is 0 Å². The van der Waals surface area contributed by atoms with Crippen molar-refractivity contribution in [1.29, 1.82) is 0 Å². The topological polar surface area (TPSA) is 0 Å². The van der Waals surface area contributed by atoms with Gasteiger partial charge in [-0.3, -0.25) is 0 Å². The highest BCUT2D eigenvalue weighted by atomic mass is 14.0. The van der Waals surface area contributed by atoms with Crippen LogP contribution in [0.2, 0.25) is 0 Å². The molecular weight excluding hydrogens is 288 g/mol. The van der Waals surface area contributed by atoms with Gasteiger partial charge in [0.25, 0.3) is 0 Å². The van der Waals surface area contributed by atoms with Crippen LogP contribution in [0.5, 0.6) is 0 Å². The Labute approximate surface area is 150 Å². The van der Waals surface area contributed by atoms with Crippen molar-refractivity contribution in [1.82, 2.24) is 0 Å². The van der Waals surface area contributed by atoms with Crippen molar-refractivity contribution in [2.75, 3.05) is 0 Å². The van der Waals surface area contributed by atoms with Crippen LogP contribution < -0.4 is 0 Å². The van der Waals surface area contributed by atoms with Crippen molar-refractivity contribution in [3.05, 3.63) is 72.3 Å². The maximum atomic E-state index is 2.28. The van der Waals surface area contributed by atoms with Gasteiger partial charge in [-0.25, -0.2) is 0 Å². The Morgan fingerprint density at radius 2 is 0.833 bits per heavy atom. The van der Waals surface area contributed by atoms with Gasteiger partial charge in [0.15, 0.2) is 0 Å². The molecule has 0 aliphatic carbocycles. The van der Waals surface area contributed by atoms with Crippen molar-refractivity contribution in [2.45, 2.75) is 77.6 Å². The van der Waals surface area contributed by atoms with E-state index in [9.17, 15) is 0 Å². The Morgan fingerprint density at radius 1 is 0.458 bits per heavy atom. The first-order valence-corrected chi connectivity index (χ1v) is 9.97. The van der Waals surface area contributed by atoms with Crippen LogP contribution in [-0.4, -0.2) is 0 Å². The molecule has 0 radical (unpaired) electrons. The van der Waals surface area contributed by atoms with E-state index in [0.29, 0.717) is 0 Å². The predicted molar refractivity (Wildman–Crippen MR) is 108 cm³/mol. The van der Waals surface area contributed by atoms with Gasteiger partial charge >= 0.3 is 0 Å². The smallest absolute Gasteiger partial charge is 0.0279 e. The molecule has 2 aromatic rings. The standard InChI is InChI=1S/C18H30.C6H6/c1-2-3-4-5-6-7-8-9-10-12-15-18-16-13-11-14-17-18;1-2-4-6-5-3-1/h11,13-14,16-17H,2-10,12,15H2,1H3;1-6H. The van der Waals surface area contributed by atoms with E-state index in [-0.39, 0.29) is 0 Å². The summed E-state index contributed by atoms with van der Waals surface area (Å²) in [6, 6.07) is 22.9. The molecule has 2 rings (SSSR count). The third-order valence-corrected chi connectivity index (χ3v) is 4.33. The van der Waals surface area contributed by atoms with E-state index in [1.807, 2.05) is 36.4 Å². The third-order valence-electron chi connectivity index (χ3n) is 4.33. The molecule has 0 unspecified atom stereocenters. The van der Waals surface area contributed by atoms with Crippen LogP contribution in [-0.2, 0) is 6.42 Å². The van der Waals surface area contributed by atoms with Gasteiger partial charge in [0.2, 0.25) is 0 Å². The molecule has 0 aromatic heterocycles. The first-order chi connectivity index (χ1) is 11.9. The summed E-state index contributed by atoms with van der Waals surface area (Å²) in [5.74, 6) is 0. The fraction of sp³-hybridized carbons (Fsp3) is 0.500. The highest BCUT2D eigenvalue weighted by Crippen LogP contribution is 2.12. The second kappa shape index (κ2) is 16.3. The monoisotopic (exact) mass is 324 g/mol. The molecule has 0 aliphatic rings. The number of hydrogen-bond donors (Lipinski definition) is 0. The van der Waals surface area contributed by atoms with E-state index in [0.717, 1.165) is 0 Å². The number of benzene rings is 2. The first kappa shape index (κ1) is 20.5. The zero-order valence-corrected chi connectivity index (χ0v) is 15.6. The fourth-order valence-corrected chi connectivity index (χ4v) is 2.85. The molecule has 0 fully saturated rings.